The van der Waals surface area contributed by atoms with Gasteiger partial charge in [-0.1, -0.05) is 0 Å². The lowest BCUT2D eigenvalue weighted by Crippen LogP contribution is -2.18. The molecule has 2 aromatic heterocycles. The summed E-state index contributed by atoms with van der Waals surface area (Å²) in [6.07, 6.45) is 3.26. The van der Waals surface area contributed by atoms with Crippen LogP contribution in [-0.4, -0.2) is 19.7 Å². The van der Waals surface area contributed by atoms with E-state index in [-0.39, 0.29) is 5.56 Å². The summed E-state index contributed by atoms with van der Waals surface area (Å²) < 4.78 is 1.50. The molecule has 0 fully saturated rings. The van der Waals surface area contributed by atoms with Gasteiger partial charge in [0.15, 0.2) is 0 Å². The first kappa shape index (κ1) is 11.7. The van der Waals surface area contributed by atoms with Crippen LogP contribution >= 0.6 is 0 Å². The number of aromatic amines is 1. The van der Waals surface area contributed by atoms with Crippen LogP contribution in [0, 0.1) is 0 Å². The second-order valence-corrected chi connectivity index (χ2v) is 4.84. The smallest absolute Gasteiger partial charge is 0.265 e. The molecule has 2 heterocycles. The standard InChI is InChI=1S/C15H11N5O/c16-10-2-4-13-12(5-10)15(21)20(8-17-13)11-3-1-9-7-18-19-14(9)6-11/h1-8H,16H2,(H,18,19). The van der Waals surface area contributed by atoms with Crippen molar-refractivity contribution in [3.05, 3.63) is 59.3 Å². The predicted octanol–water partition coefficient (Wildman–Crippen LogP) is 1.84. The zero-order valence-electron chi connectivity index (χ0n) is 10.9. The summed E-state index contributed by atoms with van der Waals surface area (Å²) in [7, 11) is 0. The van der Waals surface area contributed by atoms with E-state index in [1.165, 1.54) is 10.9 Å². The van der Waals surface area contributed by atoms with Crippen molar-refractivity contribution in [1.82, 2.24) is 19.7 Å². The summed E-state index contributed by atoms with van der Waals surface area (Å²) in [5, 5.41) is 8.36. The minimum Gasteiger partial charge on any atom is -0.399 e. The minimum absolute atomic E-state index is 0.147. The van der Waals surface area contributed by atoms with Gasteiger partial charge in [-0.05, 0) is 36.4 Å². The highest BCUT2D eigenvalue weighted by Gasteiger charge is 2.07. The van der Waals surface area contributed by atoms with Gasteiger partial charge in [-0.3, -0.25) is 14.5 Å². The maximum absolute atomic E-state index is 12.6. The molecule has 0 unspecified atom stereocenters. The molecule has 0 amide bonds. The highest BCUT2D eigenvalue weighted by atomic mass is 16.1. The number of nitrogen functional groups attached to an aromatic ring is 1. The summed E-state index contributed by atoms with van der Waals surface area (Å²) >= 11 is 0. The molecular weight excluding hydrogens is 266 g/mol. The Morgan fingerprint density at radius 2 is 2.05 bits per heavy atom. The number of nitrogens with two attached hydrogens (primary N) is 1. The number of nitrogens with one attached hydrogen (secondary N) is 1. The fourth-order valence-corrected chi connectivity index (χ4v) is 2.40. The van der Waals surface area contributed by atoms with Gasteiger partial charge in [0.05, 0.1) is 28.3 Å². The van der Waals surface area contributed by atoms with Crippen LogP contribution in [0.15, 0.2) is 53.7 Å². The number of benzene rings is 2. The molecule has 0 radical (unpaired) electrons. The molecule has 2 aromatic carbocycles. The van der Waals surface area contributed by atoms with Crippen LogP contribution in [0.25, 0.3) is 27.5 Å². The Kier molecular flexibility index (Phi) is 2.32. The minimum atomic E-state index is -0.147. The summed E-state index contributed by atoms with van der Waals surface area (Å²) in [5.74, 6) is 0. The third kappa shape index (κ3) is 1.77. The molecule has 0 spiro atoms. The van der Waals surface area contributed by atoms with Gasteiger partial charge in [0.2, 0.25) is 0 Å². The SMILES string of the molecule is Nc1ccc2ncn(-c3ccc4cn[nH]c4c3)c(=O)c2c1. The van der Waals surface area contributed by atoms with Gasteiger partial charge in [-0.2, -0.15) is 5.10 Å². The van der Waals surface area contributed by atoms with Crippen LogP contribution < -0.4 is 11.3 Å². The van der Waals surface area contributed by atoms with Crippen molar-refractivity contribution in [1.29, 1.82) is 0 Å². The van der Waals surface area contributed by atoms with Crippen molar-refractivity contribution in [3.63, 3.8) is 0 Å². The average Bonchev–Trinajstić information content (AvgIpc) is 2.95. The summed E-state index contributed by atoms with van der Waals surface area (Å²) in [6, 6.07) is 10.8. The van der Waals surface area contributed by atoms with Crippen molar-refractivity contribution < 1.29 is 0 Å². The van der Waals surface area contributed by atoms with E-state index in [0.29, 0.717) is 16.6 Å². The van der Waals surface area contributed by atoms with Crippen molar-refractivity contribution in [2.75, 3.05) is 5.73 Å². The van der Waals surface area contributed by atoms with E-state index >= 15 is 0 Å². The van der Waals surface area contributed by atoms with Gasteiger partial charge in [0, 0.05) is 11.1 Å². The van der Waals surface area contributed by atoms with Gasteiger partial charge in [0.25, 0.3) is 5.56 Å². The molecule has 3 N–H and O–H groups in total. The molecule has 21 heavy (non-hydrogen) atoms. The first-order valence-corrected chi connectivity index (χ1v) is 6.43. The molecule has 0 bridgehead atoms. The first-order valence-electron chi connectivity index (χ1n) is 6.43. The van der Waals surface area contributed by atoms with E-state index in [2.05, 4.69) is 15.2 Å². The Morgan fingerprint density at radius 1 is 1.14 bits per heavy atom. The lowest BCUT2D eigenvalue weighted by Gasteiger charge is -2.07. The number of anilines is 1. The zero-order valence-corrected chi connectivity index (χ0v) is 10.9. The average molecular weight is 277 g/mol. The van der Waals surface area contributed by atoms with E-state index < -0.39 is 0 Å². The number of H-pyrrole nitrogens is 1. The van der Waals surface area contributed by atoms with E-state index in [4.69, 9.17) is 5.73 Å². The molecule has 0 saturated heterocycles. The third-order valence-corrected chi connectivity index (χ3v) is 3.49. The van der Waals surface area contributed by atoms with Gasteiger partial charge >= 0.3 is 0 Å². The van der Waals surface area contributed by atoms with E-state index in [9.17, 15) is 4.79 Å². The summed E-state index contributed by atoms with van der Waals surface area (Å²) in [6.45, 7) is 0. The van der Waals surface area contributed by atoms with Gasteiger partial charge in [-0.25, -0.2) is 4.98 Å². The monoisotopic (exact) mass is 277 g/mol. The first-order chi connectivity index (χ1) is 10.2. The van der Waals surface area contributed by atoms with Crippen LogP contribution in [0.4, 0.5) is 5.69 Å². The molecule has 4 rings (SSSR count). The second kappa shape index (κ2) is 4.17. The lowest BCUT2D eigenvalue weighted by molar-refractivity contribution is 0.964. The van der Waals surface area contributed by atoms with Gasteiger partial charge in [0.1, 0.15) is 6.33 Å². The lowest BCUT2D eigenvalue weighted by atomic mass is 10.2. The Labute approximate surface area is 118 Å². The molecule has 4 aromatic rings. The fourth-order valence-electron chi connectivity index (χ4n) is 2.40. The van der Waals surface area contributed by atoms with Crippen LogP contribution in [-0.2, 0) is 0 Å². The molecule has 0 atom stereocenters. The van der Waals surface area contributed by atoms with Gasteiger partial charge in [-0.15, -0.1) is 0 Å². The summed E-state index contributed by atoms with van der Waals surface area (Å²) in [5.41, 5.74) is 8.38. The van der Waals surface area contributed by atoms with Crippen molar-refractivity contribution in [2.45, 2.75) is 0 Å². The highest BCUT2D eigenvalue weighted by Crippen LogP contribution is 2.16. The third-order valence-electron chi connectivity index (χ3n) is 3.49. The van der Waals surface area contributed by atoms with E-state index in [1.54, 1.807) is 24.4 Å². The van der Waals surface area contributed by atoms with Crippen LogP contribution in [0.5, 0.6) is 0 Å². The Bertz CT molecular complexity index is 1030. The number of hydrogen-bond acceptors (Lipinski definition) is 4. The predicted molar refractivity (Wildman–Crippen MR) is 81.4 cm³/mol. The summed E-state index contributed by atoms with van der Waals surface area (Å²) in [4.78, 5) is 16.9. The molecule has 0 saturated carbocycles. The van der Waals surface area contributed by atoms with Crippen LogP contribution in [0.3, 0.4) is 0 Å². The van der Waals surface area contributed by atoms with Crippen LogP contribution in [0.1, 0.15) is 0 Å². The molecule has 0 aliphatic carbocycles. The molecule has 0 aliphatic rings. The van der Waals surface area contributed by atoms with Crippen LogP contribution in [0.2, 0.25) is 0 Å². The Hall–Kier alpha value is -3.15. The Balaban J connectivity index is 2.01. The zero-order chi connectivity index (χ0) is 14.4. The fraction of sp³-hybridized carbons (Fsp3) is 0. The van der Waals surface area contributed by atoms with E-state index in [0.717, 1.165) is 16.6 Å². The number of nitrogens with zero attached hydrogens (tertiary/aromatic N) is 3. The molecule has 6 nitrogen and oxygen atoms in total. The number of hydrogen-bond donors (Lipinski definition) is 2. The molecular formula is C15H11N5O. The number of rotatable bonds is 1. The molecule has 0 aliphatic heterocycles. The topological polar surface area (TPSA) is 89.6 Å². The second-order valence-electron chi connectivity index (χ2n) is 4.84. The maximum atomic E-state index is 12.6. The molecule has 6 heteroatoms. The maximum Gasteiger partial charge on any atom is 0.265 e. The largest absolute Gasteiger partial charge is 0.399 e. The number of fused-ring (bicyclic) bond motifs is 2. The normalized spacial score (nSPS) is 11.2. The quantitative estimate of drug-likeness (QED) is 0.519. The Morgan fingerprint density at radius 3 is 2.95 bits per heavy atom. The van der Waals surface area contributed by atoms with E-state index in [1.807, 2.05) is 18.2 Å². The number of aromatic nitrogens is 4. The molecule has 102 valence electrons. The van der Waals surface area contributed by atoms with Crippen molar-refractivity contribution >= 4 is 27.5 Å². The highest BCUT2D eigenvalue weighted by molar-refractivity contribution is 5.82. The van der Waals surface area contributed by atoms with Crippen molar-refractivity contribution in [3.8, 4) is 5.69 Å². The van der Waals surface area contributed by atoms with Crippen molar-refractivity contribution in [2.24, 2.45) is 0 Å². The van der Waals surface area contributed by atoms with Gasteiger partial charge < -0.3 is 5.73 Å².